The number of hydrogen-bond donors (Lipinski definition) is 1. The topological polar surface area (TPSA) is 29.3 Å². The summed E-state index contributed by atoms with van der Waals surface area (Å²) in [5.74, 6) is 2.13. The lowest BCUT2D eigenvalue weighted by Crippen LogP contribution is -2.28. The molecular weight excluding hydrogens is 183 g/mol. The molecule has 0 aromatic heterocycles. The molecule has 2 N–H and O–H groups in total. The summed E-state index contributed by atoms with van der Waals surface area (Å²) in [6, 6.07) is 0. The van der Waals surface area contributed by atoms with Crippen LogP contribution in [0.25, 0.3) is 0 Å². The molecule has 2 rings (SSSR count). The maximum Gasteiger partial charge on any atom is 0.0105 e. The van der Waals surface area contributed by atoms with Gasteiger partial charge in [0, 0.05) is 26.2 Å². The van der Waals surface area contributed by atoms with E-state index >= 15 is 0 Å². The highest BCUT2D eigenvalue weighted by molar-refractivity contribution is 5.85. The van der Waals surface area contributed by atoms with Gasteiger partial charge in [0.2, 0.25) is 0 Å². The normalized spacial score (nSPS) is 33.5. The summed E-state index contributed by atoms with van der Waals surface area (Å²) >= 11 is 0. The fourth-order valence-corrected chi connectivity index (χ4v) is 1.86. The molecule has 1 heterocycles. The van der Waals surface area contributed by atoms with Gasteiger partial charge in [0.25, 0.3) is 0 Å². The van der Waals surface area contributed by atoms with Gasteiger partial charge >= 0.3 is 0 Å². The number of hydrogen-bond acceptors (Lipinski definition) is 2. The van der Waals surface area contributed by atoms with Crippen molar-refractivity contribution < 1.29 is 0 Å². The van der Waals surface area contributed by atoms with Crippen LogP contribution >= 0.6 is 24.8 Å². The molecule has 2 atom stereocenters. The van der Waals surface area contributed by atoms with E-state index in [4.69, 9.17) is 5.73 Å². The van der Waals surface area contributed by atoms with Crippen LogP contribution in [0.1, 0.15) is 6.42 Å². The van der Waals surface area contributed by atoms with Crippen LogP contribution in [0.15, 0.2) is 0 Å². The van der Waals surface area contributed by atoms with Gasteiger partial charge in [-0.15, -0.1) is 24.8 Å². The number of likely N-dealkylation sites (tertiary alicyclic amines) is 1. The number of nitrogens with two attached hydrogens (primary N) is 1. The van der Waals surface area contributed by atoms with Crippen LogP contribution in [-0.4, -0.2) is 31.1 Å². The quantitative estimate of drug-likeness (QED) is 0.710. The lowest BCUT2D eigenvalue weighted by molar-refractivity contribution is 0.313. The highest BCUT2D eigenvalue weighted by Gasteiger charge is 2.44. The zero-order valence-corrected chi connectivity index (χ0v) is 8.16. The highest BCUT2D eigenvalue weighted by atomic mass is 35.5. The smallest absolute Gasteiger partial charge is 0.0105 e. The van der Waals surface area contributed by atoms with Gasteiger partial charge in [0.1, 0.15) is 0 Å². The summed E-state index contributed by atoms with van der Waals surface area (Å²) in [4.78, 5) is 2.48. The summed E-state index contributed by atoms with van der Waals surface area (Å²) in [5.41, 5.74) is 5.43. The average molecular weight is 199 g/mol. The summed E-state index contributed by atoms with van der Waals surface area (Å²) in [6.07, 6.45) is 1.50. The standard InChI is InChI=1S/C7H14N2.2ClH/c8-1-2-9-4-6-3-7(6)5-9;;/h6-7H,1-5,8H2;2*1H. The average Bonchev–Trinajstić information content (AvgIpc) is 2.42. The Hall–Kier alpha value is 0.500. The van der Waals surface area contributed by atoms with Gasteiger partial charge in [-0.25, -0.2) is 0 Å². The second-order valence-corrected chi connectivity index (χ2v) is 3.30. The van der Waals surface area contributed by atoms with E-state index in [2.05, 4.69) is 4.90 Å². The molecule has 1 aliphatic carbocycles. The van der Waals surface area contributed by atoms with Crippen LogP contribution in [0.4, 0.5) is 0 Å². The molecule has 4 heteroatoms. The molecule has 0 aromatic rings. The van der Waals surface area contributed by atoms with Gasteiger partial charge in [-0.3, -0.25) is 0 Å². The Morgan fingerprint density at radius 1 is 1.18 bits per heavy atom. The molecule has 2 fully saturated rings. The van der Waals surface area contributed by atoms with E-state index in [9.17, 15) is 0 Å². The fraction of sp³-hybridized carbons (Fsp3) is 1.00. The third kappa shape index (κ3) is 2.48. The van der Waals surface area contributed by atoms with E-state index in [-0.39, 0.29) is 24.8 Å². The predicted octanol–water partition coefficient (Wildman–Crippen LogP) is 0.740. The first-order valence-electron chi connectivity index (χ1n) is 3.82. The monoisotopic (exact) mass is 198 g/mol. The Kier molecular flexibility index (Phi) is 4.71. The Balaban J connectivity index is 0.000000500. The molecule has 0 aromatic carbocycles. The van der Waals surface area contributed by atoms with Crippen molar-refractivity contribution in [2.24, 2.45) is 17.6 Å². The van der Waals surface area contributed by atoms with Gasteiger partial charge in [0.15, 0.2) is 0 Å². The zero-order chi connectivity index (χ0) is 6.27. The third-order valence-electron chi connectivity index (χ3n) is 2.50. The molecule has 0 bridgehead atoms. The minimum absolute atomic E-state index is 0. The van der Waals surface area contributed by atoms with E-state index in [0.717, 1.165) is 24.9 Å². The van der Waals surface area contributed by atoms with Gasteiger partial charge < -0.3 is 10.6 Å². The predicted molar refractivity (Wildman–Crippen MR) is 51.6 cm³/mol. The molecule has 2 aliphatic rings. The van der Waals surface area contributed by atoms with Gasteiger partial charge in [-0.1, -0.05) is 0 Å². The van der Waals surface area contributed by atoms with Crippen molar-refractivity contribution in [3.8, 4) is 0 Å². The fourth-order valence-electron chi connectivity index (χ4n) is 1.86. The lowest BCUT2D eigenvalue weighted by atomic mass is 10.4. The van der Waals surface area contributed by atoms with Gasteiger partial charge in [-0.2, -0.15) is 0 Å². The highest BCUT2D eigenvalue weighted by Crippen LogP contribution is 2.44. The van der Waals surface area contributed by atoms with Crippen LogP contribution in [0.3, 0.4) is 0 Å². The number of halogens is 2. The van der Waals surface area contributed by atoms with E-state index in [1.165, 1.54) is 19.5 Å². The molecule has 0 spiro atoms. The number of nitrogens with zero attached hydrogens (tertiary/aromatic N) is 1. The first-order valence-corrected chi connectivity index (χ1v) is 3.82. The van der Waals surface area contributed by atoms with Crippen molar-refractivity contribution in [2.75, 3.05) is 26.2 Å². The maximum absolute atomic E-state index is 5.43. The number of rotatable bonds is 2. The molecule has 11 heavy (non-hydrogen) atoms. The molecule has 2 nitrogen and oxygen atoms in total. The number of piperidine rings is 1. The summed E-state index contributed by atoms with van der Waals surface area (Å²) in [7, 11) is 0. The van der Waals surface area contributed by atoms with E-state index in [0.29, 0.717) is 0 Å². The molecular formula is C7H16Cl2N2. The second kappa shape index (κ2) is 4.51. The van der Waals surface area contributed by atoms with Crippen LogP contribution in [0.5, 0.6) is 0 Å². The first-order chi connectivity index (χ1) is 4.40. The van der Waals surface area contributed by atoms with Crippen molar-refractivity contribution in [2.45, 2.75) is 6.42 Å². The van der Waals surface area contributed by atoms with Crippen molar-refractivity contribution in [1.29, 1.82) is 0 Å². The van der Waals surface area contributed by atoms with E-state index in [1.54, 1.807) is 0 Å². The summed E-state index contributed by atoms with van der Waals surface area (Å²) in [6.45, 7) is 4.62. The Morgan fingerprint density at radius 3 is 2.18 bits per heavy atom. The molecule has 68 valence electrons. The zero-order valence-electron chi connectivity index (χ0n) is 6.53. The maximum atomic E-state index is 5.43. The summed E-state index contributed by atoms with van der Waals surface area (Å²) in [5, 5.41) is 0. The molecule has 1 saturated heterocycles. The van der Waals surface area contributed by atoms with Crippen molar-refractivity contribution in [3.63, 3.8) is 0 Å². The number of fused-ring (bicyclic) bond motifs is 1. The minimum Gasteiger partial charge on any atom is -0.329 e. The van der Waals surface area contributed by atoms with Gasteiger partial charge in [-0.05, 0) is 18.3 Å². The molecule has 1 aliphatic heterocycles. The molecule has 0 amide bonds. The van der Waals surface area contributed by atoms with Crippen LogP contribution in [-0.2, 0) is 0 Å². The van der Waals surface area contributed by atoms with Crippen molar-refractivity contribution >= 4 is 24.8 Å². The Bertz CT molecular complexity index is 111. The third-order valence-corrected chi connectivity index (χ3v) is 2.50. The van der Waals surface area contributed by atoms with Gasteiger partial charge in [0.05, 0.1) is 0 Å². The Labute approximate surface area is 80.3 Å². The Morgan fingerprint density at radius 2 is 1.73 bits per heavy atom. The van der Waals surface area contributed by atoms with Crippen LogP contribution in [0.2, 0.25) is 0 Å². The molecule has 2 unspecified atom stereocenters. The molecule has 1 saturated carbocycles. The van der Waals surface area contributed by atoms with Crippen molar-refractivity contribution in [3.05, 3.63) is 0 Å². The summed E-state index contributed by atoms with van der Waals surface area (Å²) < 4.78 is 0. The SMILES string of the molecule is Cl.Cl.NCCN1CC2CC2C1. The van der Waals surface area contributed by atoms with E-state index < -0.39 is 0 Å². The minimum atomic E-state index is 0. The first kappa shape index (κ1) is 11.5. The second-order valence-electron chi connectivity index (χ2n) is 3.30. The van der Waals surface area contributed by atoms with E-state index in [1.807, 2.05) is 0 Å². The van der Waals surface area contributed by atoms with Crippen LogP contribution < -0.4 is 5.73 Å². The largest absolute Gasteiger partial charge is 0.329 e. The molecule has 0 radical (unpaired) electrons. The van der Waals surface area contributed by atoms with Crippen molar-refractivity contribution in [1.82, 2.24) is 4.90 Å². The lowest BCUT2D eigenvalue weighted by Gasteiger charge is -2.14. The van der Waals surface area contributed by atoms with Crippen LogP contribution in [0, 0.1) is 11.8 Å².